The van der Waals surface area contributed by atoms with Gasteiger partial charge in [0.15, 0.2) is 11.7 Å². The number of Topliss-reactive ketones (excluding diaryl/α,β-unsaturated/α-hetero) is 1. The summed E-state index contributed by atoms with van der Waals surface area (Å²) in [5, 5.41) is 13.7. The van der Waals surface area contributed by atoms with Crippen molar-refractivity contribution in [2.75, 3.05) is 0 Å². The Morgan fingerprint density at radius 3 is 2.68 bits per heavy atom. The highest BCUT2D eigenvalue weighted by Crippen LogP contribution is 2.19. The summed E-state index contributed by atoms with van der Waals surface area (Å²) in [5.41, 5.74) is 0. The van der Waals surface area contributed by atoms with E-state index in [0.29, 0.717) is 4.88 Å². The molecule has 2 rings (SSSR count). The van der Waals surface area contributed by atoms with E-state index >= 15 is 0 Å². The first-order valence-electron chi connectivity index (χ1n) is 6.50. The zero-order valence-corrected chi connectivity index (χ0v) is 11.4. The van der Waals surface area contributed by atoms with Crippen LogP contribution >= 0.6 is 11.3 Å². The number of nitrogens with one attached hydrogen (secondary N) is 1. The summed E-state index contributed by atoms with van der Waals surface area (Å²) in [4.78, 5) is 24.5. The number of thiophene rings is 1. The normalized spacial score (nSPS) is 17.4. The molecule has 0 bridgehead atoms. The Bertz CT molecular complexity index is 484. The lowest BCUT2D eigenvalue weighted by molar-refractivity contribution is -0.123. The summed E-state index contributed by atoms with van der Waals surface area (Å²) in [6, 6.07) is 5.33. The van der Waals surface area contributed by atoms with E-state index in [1.54, 1.807) is 17.5 Å². The van der Waals surface area contributed by atoms with Gasteiger partial charge in [0.2, 0.25) is 5.91 Å². The zero-order chi connectivity index (χ0) is 13.7. The summed E-state index contributed by atoms with van der Waals surface area (Å²) < 4.78 is 0. The molecule has 1 atom stereocenters. The molecule has 0 saturated heterocycles. The average Bonchev–Trinajstić information content (AvgIpc) is 2.94. The van der Waals surface area contributed by atoms with E-state index < -0.39 is 17.6 Å². The number of hydrogen-bond acceptors (Lipinski definition) is 4. The van der Waals surface area contributed by atoms with Crippen molar-refractivity contribution in [3.05, 3.63) is 22.4 Å². The molecule has 1 unspecified atom stereocenters. The SMILES string of the molecule is N#CC(C(=O)NC1CCCCC1)C(=O)c1cccs1. The number of nitrogens with zero attached hydrogens (tertiary/aromatic N) is 1. The molecule has 4 nitrogen and oxygen atoms in total. The molecule has 1 aromatic heterocycles. The van der Waals surface area contributed by atoms with E-state index in [2.05, 4.69) is 5.32 Å². The minimum Gasteiger partial charge on any atom is -0.352 e. The highest BCUT2D eigenvalue weighted by Gasteiger charge is 2.29. The van der Waals surface area contributed by atoms with Crippen LogP contribution in [-0.2, 0) is 4.79 Å². The van der Waals surface area contributed by atoms with Gasteiger partial charge in [-0.1, -0.05) is 25.3 Å². The first-order chi connectivity index (χ1) is 9.22. The number of rotatable bonds is 4. The van der Waals surface area contributed by atoms with E-state index in [-0.39, 0.29) is 6.04 Å². The number of amides is 1. The molecule has 1 heterocycles. The summed E-state index contributed by atoms with van der Waals surface area (Å²) in [7, 11) is 0. The molecule has 1 N–H and O–H groups in total. The van der Waals surface area contributed by atoms with Crippen LogP contribution in [0.1, 0.15) is 41.8 Å². The summed E-state index contributed by atoms with van der Waals surface area (Å²) in [6.07, 6.45) is 5.28. The van der Waals surface area contributed by atoms with Gasteiger partial charge in [-0.2, -0.15) is 5.26 Å². The number of carbonyl (C=O) groups excluding carboxylic acids is 2. The number of hydrogen-bond donors (Lipinski definition) is 1. The fourth-order valence-electron chi connectivity index (χ4n) is 2.33. The first-order valence-corrected chi connectivity index (χ1v) is 7.38. The fraction of sp³-hybridized carbons (Fsp3) is 0.500. The highest BCUT2D eigenvalue weighted by molar-refractivity contribution is 7.12. The van der Waals surface area contributed by atoms with Gasteiger partial charge in [0.25, 0.3) is 0 Å². The fourth-order valence-corrected chi connectivity index (χ4v) is 3.02. The molecular weight excluding hydrogens is 260 g/mol. The summed E-state index contributed by atoms with van der Waals surface area (Å²) >= 11 is 1.26. The van der Waals surface area contributed by atoms with Crippen LogP contribution in [0.2, 0.25) is 0 Å². The summed E-state index contributed by atoms with van der Waals surface area (Å²) in [5.74, 6) is -2.07. The van der Waals surface area contributed by atoms with Gasteiger partial charge in [-0.15, -0.1) is 11.3 Å². The third kappa shape index (κ3) is 3.42. The molecule has 0 radical (unpaired) electrons. The lowest BCUT2D eigenvalue weighted by Gasteiger charge is -2.23. The van der Waals surface area contributed by atoms with Gasteiger partial charge in [-0.3, -0.25) is 9.59 Å². The van der Waals surface area contributed by atoms with Crippen LogP contribution in [-0.4, -0.2) is 17.7 Å². The van der Waals surface area contributed by atoms with Crippen LogP contribution in [0.15, 0.2) is 17.5 Å². The Morgan fingerprint density at radius 1 is 1.37 bits per heavy atom. The molecule has 1 aliphatic carbocycles. The standard InChI is InChI=1S/C14H16N2O2S/c15-9-11(13(17)12-7-4-8-19-12)14(18)16-10-5-2-1-3-6-10/h4,7-8,10-11H,1-3,5-6H2,(H,16,18). The molecule has 0 spiro atoms. The quantitative estimate of drug-likeness (QED) is 0.678. The maximum atomic E-state index is 12.0. The molecule has 19 heavy (non-hydrogen) atoms. The van der Waals surface area contributed by atoms with Crippen molar-refractivity contribution in [1.82, 2.24) is 5.32 Å². The summed E-state index contributed by atoms with van der Waals surface area (Å²) in [6.45, 7) is 0. The van der Waals surface area contributed by atoms with Crippen LogP contribution in [0.3, 0.4) is 0 Å². The van der Waals surface area contributed by atoms with Crippen LogP contribution in [0.25, 0.3) is 0 Å². The van der Waals surface area contributed by atoms with Crippen LogP contribution in [0.5, 0.6) is 0 Å². The predicted octanol–water partition coefficient (Wildman–Crippen LogP) is 2.52. The second-order valence-electron chi connectivity index (χ2n) is 4.75. The predicted molar refractivity (Wildman–Crippen MR) is 72.8 cm³/mol. The van der Waals surface area contributed by atoms with Gasteiger partial charge in [-0.25, -0.2) is 0 Å². The molecule has 1 amide bonds. The van der Waals surface area contributed by atoms with E-state index in [4.69, 9.17) is 5.26 Å². The third-order valence-electron chi connectivity index (χ3n) is 3.37. The van der Waals surface area contributed by atoms with Crippen molar-refractivity contribution < 1.29 is 9.59 Å². The van der Waals surface area contributed by atoms with E-state index in [1.165, 1.54) is 17.8 Å². The van der Waals surface area contributed by atoms with Gasteiger partial charge in [0.1, 0.15) is 0 Å². The van der Waals surface area contributed by atoms with Crippen LogP contribution in [0, 0.1) is 17.2 Å². The molecule has 1 aliphatic rings. The molecule has 1 saturated carbocycles. The number of ketones is 1. The zero-order valence-electron chi connectivity index (χ0n) is 10.6. The maximum Gasteiger partial charge on any atom is 0.245 e. The largest absolute Gasteiger partial charge is 0.352 e. The second-order valence-corrected chi connectivity index (χ2v) is 5.69. The Balaban J connectivity index is 1.99. The number of carbonyl (C=O) groups is 2. The van der Waals surface area contributed by atoms with Gasteiger partial charge < -0.3 is 5.32 Å². The Kier molecular flexibility index (Phi) is 4.69. The monoisotopic (exact) mass is 276 g/mol. The van der Waals surface area contributed by atoms with E-state index in [1.807, 2.05) is 6.07 Å². The molecule has 1 aromatic rings. The second kappa shape index (κ2) is 6.48. The van der Waals surface area contributed by atoms with Gasteiger partial charge in [-0.05, 0) is 24.3 Å². The van der Waals surface area contributed by atoms with Crippen molar-refractivity contribution in [3.8, 4) is 6.07 Å². The maximum absolute atomic E-state index is 12.0. The van der Waals surface area contributed by atoms with Crippen molar-refractivity contribution in [1.29, 1.82) is 5.26 Å². The average molecular weight is 276 g/mol. The van der Waals surface area contributed by atoms with Crippen LogP contribution in [0.4, 0.5) is 0 Å². The van der Waals surface area contributed by atoms with Gasteiger partial charge >= 0.3 is 0 Å². The van der Waals surface area contributed by atoms with Crippen molar-refractivity contribution >= 4 is 23.0 Å². The smallest absolute Gasteiger partial charge is 0.245 e. The van der Waals surface area contributed by atoms with Crippen molar-refractivity contribution in [3.63, 3.8) is 0 Å². The molecule has 5 heteroatoms. The van der Waals surface area contributed by atoms with Crippen LogP contribution < -0.4 is 5.32 Å². The topological polar surface area (TPSA) is 70.0 Å². The Hall–Kier alpha value is -1.67. The molecule has 0 aromatic carbocycles. The molecule has 100 valence electrons. The Morgan fingerprint density at radius 2 is 2.11 bits per heavy atom. The van der Waals surface area contributed by atoms with Crippen molar-refractivity contribution in [2.24, 2.45) is 5.92 Å². The molecular formula is C14H16N2O2S. The lowest BCUT2D eigenvalue weighted by Crippen LogP contribution is -2.41. The van der Waals surface area contributed by atoms with E-state index in [0.717, 1.165) is 25.7 Å². The molecule has 0 aliphatic heterocycles. The third-order valence-corrected chi connectivity index (χ3v) is 4.25. The van der Waals surface area contributed by atoms with Gasteiger partial charge in [0.05, 0.1) is 10.9 Å². The first kappa shape index (κ1) is 13.8. The van der Waals surface area contributed by atoms with Crippen molar-refractivity contribution in [2.45, 2.75) is 38.1 Å². The minimum atomic E-state index is -1.22. The highest BCUT2D eigenvalue weighted by atomic mass is 32.1. The van der Waals surface area contributed by atoms with Gasteiger partial charge in [0, 0.05) is 6.04 Å². The Labute approximate surface area is 116 Å². The molecule has 1 fully saturated rings. The van der Waals surface area contributed by atoms with E-state index in [9.17, 15) is 9.59 Å². The lowest BCUT2D eigenvalue weighted by atomic mass is 9.94. The minimum absolute atomic E-state index is 0.119. The number of nitriles is 1.